The molecule has 2 nitrogen and oxygen atoms in total. The van der Waals surface area contributed by atoms with Crippen molar-refractivity contribution in [3.8, 4) is 5.75 Å². The van der Waals surface area contributed by atoms with E-state index in [4.69, 9.17) is 0 Å². The van der Waals surface area contributed by atoms with Gasteiger partial charge >= 0.3 is 0 Å². The highest BCUT2D eigenvalue weighted by molar-refractivity contribution is 9.11. The maximum Gasteiger partial charge on any atom is 0.138 e. The lowest BCUT2D eigenvalue weighted by Gasteiger charge is -2.03. The molecule has 1 N–H and O–H groups in total. The van der Waals surface area contributed by atoms with Crippen molar-refractivity contribution >= 4 is 43.8 Å². The first-order valence-electron chi connectivity index (χ1n) is 5.35. The molecule has 2 aromatic carbocycles. The number of phenols is 1. The number of aryl methyl sites for hydroxylation is 1. The highest BCUT2D eigenvalue weighted by Gasteiger charge is 2.05. The van der Waals surface area contributed by atoms with Gasteiger partial charge in [-0.05, 0) is 46.6 Å². The van der Waals surface area contributed by atoms with Gasteiger partial charge in [-0.2, -0.15) is 0 Å². The average molecular weight is 369 g/mol. The van der Waals surface area contributed by atoms with Crippen LogP contribution in [0.25, 0.3) is 0 Å². The van der Waals surface area contributed by atoms with E-state index in [1.54, 1.807) is 12.3 Å². The maximum absolute atomic E-state index is 9.91. The second-order valence-electron chi connectivity index (χ2n) is 3.87. The molecule has 0 radical (unpaired) electrons. The number of hydrogen-bond acceptors (Lipinski definition) is 2. The smallest absolute Gasteiger partial charge is 0.138 e. The zero-order valence-corrected chi connectivity index (χ0v) is 12.9. The summed E-state index contributed by atoms with van der Waals surface area (Å²) < 4.78 is 1.53. The van der Waals surface area contributed by atoms with Crippen LogP contribution in [0.1, 0.15) is 11.1 Å². The van der Waals surface area contributed by atoms with Crippen LogP contribution in [0.4, 0.5) is 5.69 Å². The Bertz CT molecular complexity index is 609. The highest BCUT2D eigenvalue weighted by atomic mass is 79.9. The number of benzene rings is 2. The van der Waals surface area contributed by atoms with Crippen molar-refractivity contribution in [2.75, 3.05) is 0 Å². The van der Waals surface area contributed by atoms with E-state index in [0.29, 0.717) is 10.0 Å². The molecular weight excluding hydrogens is 358 g/mol. The first-order valence-corrected chi connectivity index (χ1v) is 6.94. The summed E-state index contributed by atoms with van der Waals surface area (Å²) in [5.41, 5.74) is 2.66. The molecule has 0 fully saturated rings. The summed E-state index contributed by atoms with van der Waals surface area (Å²) in [5.74, 6) is 0.190. The van der Waals surface area contributed by atoms with Crippen LogP contribution in [0.3, 0.4) is 0 Å². The molecule has 0 aliphatic rings. The fourth-order valence-corrected chi connectivity index (χ4v) is 2.79. The van der Waals surface area contributed by atoms with Crippen LogP contribution in [0.15, 0.2) is 50.3 Å². The van der Waals surface area contributed by atoms with Crippen LogP contribution in [-0.2, 0) is 0 Å². The molecule has 0 atom stereocenters. The number of aliphatic imine (C=N–C) groups is 1. The molecule has 0 unspecified atom stereocenters. The standard InChI is InChI=1S/C14H11Br2NO/c1-9-4-2-3-5-13(9)17-8-10-6-11(15)7-12(16)14(10)18/h2-8,18H,1H3. The Morgan fingerprint density at radius 3 is 2.61 bits per heavy atom. The first kappa shape index (κ1) is 13.3. The van der Waals surface area contributed by atoms with E-state index in [1.165, 1.54) is 0 Å². The lowest BCUT2D eigenvalue weighted by molar-refractivity contribution is 0.471. The van der Waals surface area contributed by atoms with Crippen LogP contribution in [0.2, 0.25) is 0 Å². The third-order valence-corrected chi connectivity index (χ3v) is 3.58. The average Bonchev–Trinajstić information content (AvgIpc) is 2.33. The number of aromatic hydroxyl groups is 1. The van der Waals surface area contributed by atoms with Crippen molar-refractivity contribution in [1.82, 2.24) is 0 Å². The molecule has 0 aliphatic carbocycles. The van der Waals surface area contributed by atoms with Crippen molar-refractivity contribution in [3.05, 3.63) is 56.5 Å². The highest BCUT2D eigenvalue weighted by Crippen LogP contribution is 2.31. The molecule has 0 amide bonds. The van der Waals surface area contributed by atoms with Gasteiger partial charge in [-0.1, -0.05) is 34.1 Å². The molecule has 18 heavy (non-hydrogen) atoms. The Kier molecular flexibility index (Phi) is 4.19. The predicted octanol–water partition coefficient (Wildman–Crippen LogP) is 4.98. The van der Waals surface area contributed by atoms with Crippen molar-refractivity contribution in [3.63, 3.8) is 0 Å². The fraction of sp³-hybridized carbons (Fsp3) is 0.0714. The number of halogens is 2. The van der Waals surface area contributed by atoms with Gasteiger partial charge in [0.2, 0.25) is 0 Å². The Labute approximate surface area is 123 Å². The van der Waals surface area contributed by atoms with Crippen molar-refractivity contribution in [2.24, 2.45) is 4.99 Å². The topological polar surface area (TPSA) is 32.6 Å². The molecule has 0 aliphatic heterocycles. The summed E-state index contributed by atoms with van der Waals surface area (Å²) in [6.45, 7) is 2.00. The molecule has 0 spiro atoms. The van der Waals surface area contributed by atoms with E-state index in [0.717, 1.165) is 15.7 Å². The number of hydrogen-bond donors (Lipinski definition) is 1. The summed E-state index contributed by atoms with van der Waals surface area (Å²) in [6.07, 6.45) is 1.66. The minimum Gasteiger partial charge on any atom is -0.506 e. The van der Waals surface area contributed by atoms with Gasteiger partial charge in [-0.3, -0.25) is 4.99 Å². The lowest BCUT2D eigenvalue weighted by atomic mass is 10.2. The molecule has 92 valence electrons. The van der Waals surface area contributed by atoms with Gasteiger partial charge < -0.3 is 5.11 Å². The Hall–Kier alpha value is -1.13. The van der Waals surface area contributed by atoms with Crippen LogP contribution in [-0.4, -0.2) is 11.3 Å². The van der Waals surface area contributed by atoms with Crippen molar-refractivity contribution < 1.29 is 5.11 Å². The van der Waals surface area contributed by atoms with Crippen LogP contribution < -0.4 is 0 Å². The Morgan fingerprint density at radius 1 is 1.17 bits per heavy atom. The zero-order chi connectivity index (χ0) is 13.1. The summed E-state index contributed by atoms with van der Waals surface area (Å²) in [5, 5.41) is 9.91. The fourth-order valence-electron chi connectivity index (χ4n) is 1.53. The van der Waals surface area contributed by atoms with Crippen molar-refractivity contribution in [2.45, 2.75) is 6.92 Å². The van der Waals surface area contributed by atoms with E-state index in [9.17, 15) is 5.11 Å². The third kappa shape index (κ3) is 3.00. The number of para-hydroxylation sites is 1. The molecular formula is C14H11Br2NO. The van der Waals surface area contributed by atoms with E-state index >= 15 is 0 Å². The summed E-state index contributed by atoms with van der Waals surface area (Å²) >= 11 is 6.68. The van der Waals surface area contributed by atoms with Gasteiger partial charge in [0.1, 0.15) is 5.75 Å². The minimum atomic E-state index is 0.190. The molecule has 0 bridgehead atoms. The SMILES string of the molecule is Cc1ccccc1N=Cc1cc(Br)cc(Br)c1O. The minimum absolute atomic E-state index is 0.190. The predicted molar refractivity (Wildman–Crippen MR) is 81.9 cm³/mol. The summed E-state index contributed by atoms with van der Waals surface area (Å²) in [4.78, 5) is 4.39. The van der Waals surface area contributed by atoms with Gasteiger partial charge in [0, 0.05) is 16.3 Å². The van der Waals surface area contributed by atoms with Gasteiger partial charge in [-0.15, -0.1) is 0 Å². The summed E-state index contributed by atoms with van der Waals surface area (Å²) in [7, 11) is 0. The van der Waals surface area contributed by atoms with E-state index in [1.807, 2.05) is 37.3 Å². The lowest BCUT2D eigenvalue weighted by Crippen LogP contribution is -1.84. The van der Waals surface area contributed by atoms with Crippen LogP contribution in [0.5, 0.6) is 5.75 Å². The third-order valence-electron chi connectivity index (χ3n) is 2.52. The Balaban J connectivity index is 2.38. The molecule has 0 saturated heterocycles. The van der Waals surface area contributed by atoms with E-state index in [2.05, 4.69) is 36.9 Å². The molecule has 0 aromatic heterocycles. The van der Waals surface area contributed by atoms with E-state index < -0.39 is 0 Å². The van der Waals surface area contributed by atoms with E-state index in [-0.39, 0.29) is 5.75 Å². The van der Waals surface area contributed by atoms with Crippen LogP contribution >= 0.6 is 31.9 Å². The largest absolute Gasteiger partial charge is 0.506 e. The zero-order valence-electron chi connectivity index (χ0n) is 9.69. The van der Waals surface area contributed by atoms with Gasteiger partial charge in [0.15, 0.2) is 0 Å². The molecule has 4 heteroatoms. The van der Waals surface area contributed by atoms with Gasteiger partial charge in [-0.25, -0.2) is 0 Å². The molecule has 2 aromatic rings. The van der Waals surface area contributed by atoms with Crippen molar-refractivity contribution in [1.29, 1.82) is 0 Å². The second-order valence-corrected chi connectivity index (χ2v) is 5.64. The quantitative estimate of drug-likeness (QED) is 0.745. The second kappa shape index (κ2) is 5.67. The number of nitrogens with zero attached hydrogens (tertiary/aromatic N) is 1. The normalized spacial score (nSPS) is 11.1. The molecule has 0 saturated carbocycles. The first-order chi connectivity index (χ1) is 8.58. The monoisotopic (exact) mass is 367 g/mol. The van der Waals surface area contributed by atoms with Gasteiger partial charge in [0.05, 0.1) is 10.2 Å². The maximum atomic E-state index is 9.91. The number of phenolic OH excluding ortho intramolecular Hbond substituents is 1. The van der Waals surface area contributed by atoms with Gasteiger partial charge in [0.25, 0.3) is 0 Å². The Morgan fingerprint density at radius 2 is 1.89 bits per heavy atom. The summed E-state index contributed by atoms with van der Waals surface area (Å²) in [6, 6.07) is 11.5. The molecule has 2 rings (SSSR count). The number of rotatable bonds is 2. The molecule has 0 heterocycles. The van der Waals surface area contributed by atoms with Crippen LogP contribution in [0, 0.1) is 6.92 Å².